The number of nitrogens with zero attached hydrogens (tertiary/aromatic N) is 2. The van der Waals surface area contributed by atoms with Gasteiger partial charge in [0, 0.05) is 31.4 Å². The van der Waals surface area contributed by atoms with Crippen LogP contribution in [0.5, 0.6) is 0 Å². The van der Waals surface area contributed by atoms with Crippen LogP contribution in [0.2, 0.25) is 0 Å². The van der Waals surface area contributed by atoms with Crippen LogP contribution < -0.4 is 0 Å². The maximum atomic E-state index is 12.9. The lowest BCUT2D eigenvalue weighted by atomic mass is 10.1. The minimum atomic E-state index is -0.435. The number of rotatable bonds is 9. The Morgan fingerprint density at radius 3 is 2.56 bits per heavy atom. The van der Waals surface area contributed by atoms with Crippen LogP contribution in [0.1, 0.15) is 52.5 Å². The molecule has 2 heterocycles. The Morgan fingerprint density at radius 1 is 1.03 bits per heavy atom. The van der Waals surface area contributed by atoms with Crippen molar-refractivity contribution in [3.8, 4) is 0 Å². The van der Waals surface area contributed by atoms with Gasteiger partial charge in [0.15, 0.2) is 0 Å². The minimum Gasteiger partial charge on any atom is -0.364 e. The highest BCUT2D eigenvalue weighted by Crippen LogP contribution is 2.15. The van der Waals surface area contributed by atoms with Crippen molar-refractivity contribution in [1.82, 2.24) is 9.47 Å². The van der Waals surface area contributed by atoms with E-state index >= 15 is 0 Å². The van der Waals surface area contributed by atoms with E-state index in [4.69, 9.17) is 4.74 Å². The van der Waals surface area contributed by atoms with Crippen molar-refractivity contribution in [1.29, 1.82) is 0 Å². The molecule has 0 aliphatic carbocycles. The molecule has 1 atom stereocenters. The van der Waals surface area contributed by atoms with E-state index in [1.807, 2.05) is 96.3 Å². The Hall–Kier alpha value is -3.44. The molecule has 1 aromatic heterocycles. The molecule has 1 aliphatic heterocycles. The second-order valence-corrected chi connectivity index (χ2v) is 8.87. The molecule has 176 valence electrons. The van der Waals surface area contributed by atoms with Crippen LogP contribution in [0.15, 0.2) is 72.9 Å². The largest absolute Gasteiger partial charge is 0.364 e. The molecule has 4 rings (SSSR count). The lowest BCUT2D eigenvalue weighted by molar-refractivity contribution is -0.142. The van der Waals surface area contributed by atoms with Crippen molar-refractivity contribution < 1.29 is 14.3 Å². The minimum absolute atomic E-state index is 0.0233. The lowest BCUT2D eigenvalue weighted by Crippen LogP contribution is -2.36. The smallest absolute Gasteiger partial charge is 0.251 e. The van der Waals surface area contributed by atoms with Crippen molar-refractivity contribution >= 4 is 17.8 Å². The third-order valence-corrected chi connectivity index (χ3v) is 6.20. The average molecular weight is 457 g/mol. The second kappa shape index (κ2) is 11.1. The summed E-state index contributed by atoms with van der Waals surface area (Å²) in [6.07, 6.45) is 7.74. The van der Waals surface area contributed by atoms with E-state index < -0.39 is 6.10 Å². The first-order valence-electron chi connectivity index (χ1n) is 11.9. The van der Waals surface area contributed by atoms with Crippen LogP contribution >= 0.6 is 0 Å². The molecule has 1 saturated heterocycles. The van der Waals surface area contributed by atoms with Gasteiger partial charge in [0.25, 0.3) is 5.91 Å². The van der Waals surface area contributed by atoms with Gasteiger partial charge in [-0.15, -0.1) is 0 Å². The van der Waals surface area contributed by atoms with Crippen molar-refractivity contribution in [2.75, 3.05) is 13.1 Å². The summed E-state index contributed by atoms with van der Waals surface area (Å²) in [6, 6.07) is 19.5. The molecule has 1 amide bonds. The Bertz CT molecular complexity index is 1150. The normalized spacial score (nSPS) is 14.6. The standard InChI is InChI=1S/C29H32N2O3/c1-22-12-14-26(15-13-22)28(32)27-11-7-19-30(27)18-6-10-24-8-5-9-25(20-24)21-34-23(2)29(33)31-16-3-4-17-31/h5-15,19-20,23H,3-4,16-18,21H2,1-2H3/t23-/m1/s1. The first kappa shape index (κ1) is 23.7. The van der Waals surface area contributed by atoms with E-state index in [0.29, 0.717) is 24.4 Å². The Labute approximate surface area is 201 Å². The van der Waals surface area contributed by atoms with Crippen LogP contribution in [0.3, 0.4) is 0 Å². The summed E-state index contributed by atoms with van der Waals surface area (Å²) >= 11 is 0. The third kappa shape index (κ3) is 5.91. The number of hydrogen-bond acceptors (Lipinski definition) is 3. The zero-order chi connectivity index (χ0) is 23.9. The molecular formula is C29H32N2O3. The van der Waals surface area contributed by atoms with Gasteiger partial charge in [-0.25, -0.2) is 0 Å². The summed E-state index contributed by atoms with van der Waals surface area (Å²) in [4.78, 5) is 27.2. The number of likely N-dealkylation sites (tertiary alicyclic amines) is 1. The Morgan fingerprint density at radius 2 is 1.79 bits per heavy atom. The zero-order valence-electron chi connectivity index (χ0n) is 19.9. The van der Waals surface area contributed by atoms with Gasteiger partial charge in [0.1, 0.15) is 6.10 Å². The summed E-state index contributed by atoms with van der Waals surface area (Å²) in [5.41, 5.74) is 4.58. The molecule has 1 aliphatic rings. The monoisotopic (exact) mass is 456 g/mol. The summed E-state index contributed by atoms with van der Waals surface area (Å²) in [5, 5.41) is 0. The molecule has 0 N–H and O–H groups in total. The first-order valence-corrected chi connectivity index (χ1v) is 11.9. The lowest BCUT2D eigenvalue weighted by Gasteiger charge is -2.20. The van der Waals surface area contributed by atoms with Crippen LogP contribution in [0.4, 0.5) is 0 Å². The molecule has 34 heavy (non-hydrogen) atoms. The number of amides is 1. The van der Waals surface area contributed by atoms with Gasteiger partial charge >= 0.3 is 0 Å². The van der Waals surface area contributed by atoms with Crippen LogP contribution in [-0.4, -0.2) is 40.4 Å². The molecule has 0 bridgehead atoms. The van der Waals surface area contributed by atoms with Crippen LogP contribution in [0.25, 0.3) is 6.08 Å². The van der Waals surface area contributed by atoms with Crippen molar-refractivity contribution in [3.63, 3.8) is 0 Å². The van der Waals surface area contributed by atoms with E-state index in [-0.39, 0.29) is 11.7 Å². The topological polar surface area (TPSA) is 51.5 Å². The van der Waals surface area contributed by atoms with Gasteiger partial charge in [-0.1, -0.05) is 60.2 Å². The Kier molecular flexibility index (Phi) is 7.76. The maximum Gasteiger partial charge on any atom is 0.251 e. The van der Waals surface area contributed by atoms with E-state index in [2.05, 4.69) is 6.07 Å². The number of aromatic nitrogens is 1. The summed E-state index contributed by atoms with van der Waals surface area (Å²) < 4.78 is 7.81. The quantitative estimate of drug-likeness (QED) is 0.412. The second-order valence-electron chi connectivity index (χ2n) is 8.87. The maximum absolute atomic E-state index is 12.9. The van der Waals surface area contributed by atoms with E-state index in [1.54, 1.807) is 0 Å². The summed E-state index contributed by atoms with van der Waals surface area (Å²) in [5.74, 6) is 0.103. The number of allylic oxidation sites excluding steroid dienone is 1. The molecular weight excluding hydrogens is 424 g/mol. The molecule has 3 aromatic rings. The molecule has 0 radical (unpaired) electrons. The Balaban J connectivity index is 1.34. The number of ketones is 1. The molecule has 0 spiro atoms. The predicted molar refractivity (Wildman–Crippen MR) is 135 cm³/mol. The predicted octanol–water partition coefficient (Wildman–Crippen LogP) is 5.27. The molecule has 0 saturated carbocycles. The van der Waals surface area contributed by atoms with E-state index in [9.17, 15) is 9.59 Å². The highest BCUT2D eigenvalue weighted by atomic mass is 16.5. The molecule has 1 fully saturated rings. The van der Waals surface area contributed by atoms with Crippen LogP contribution in [0, 0.1) is 6.92 Å². The number of carbonyl (C=O) groups excluding carboxylic acids is 2. The highest BCUT2D eigenvalue weighted by molar-refractivity contribution is 6.08. The summed E-state index contributed by atoms with van der Waals surface area (Å²) in [6.45, 7) is 6.52. The number of carbonyl (C=O) groups is 2. The molecule has 0 unspecified atom stereocenters. The molecule has 2 aromatic carbocycles. The van der Waals surface area contributed by atoms with Crippen molar-refractivity contribution in [3.05, 3.63) is 101 Å². The fraction of sp³-hybridized carbons (Fsp3) is 0.310. The highest BCUT2D eigenvalue weighted by Gasteiger charge is 2.23. The van der Waals surface area contributed by atoms with Gasteiger partial charge in [0.2, 0.25) is 5.78 Å². The first-order chi connectivity index (χ1) is 16.5. The fourth-order valence-corrected chi connectivity index (χ4v) is 4.21. The van der Waals surface area contributed by atoms with E-state index in [1.165, 1.54) is 0 Å². The van der Waals surface area contributed by atoms with Gasteiger partial charge < -0.3 is 14.2 Å². The third-order valence-electron chi connectivity index (χ3n) is 6.20. The number of hydrogen-bond donors (Lipinski definition) is 0. The number of benzene rings is 2. The van der Waals surface area contributed by atoms with Crippen molar-refractivity contribution in [2.45, 2.75) is 45.9 Å². The van der Waals surface area contributed by atoms with Crippen molar-refractivity contribution in [2.24, 2.45) is 0 Å². The van der Waals surface area contributed by atoms with Gasteiger partial charge in [-0.2, -0.15) is 0 Å². The zero-order valence-corrected chi connectivity index (χ0v) is 19.9. The molecule has 5 nitrogen and oxygen atoms in total. The van der Waals surface area contributed by atoms with Gasteiger partial charge in [-0.05, 0) is 56.0 Å². The van der Waals surface area contributed by atoms with E-state index in [0.717, 1.165) is 42.6 Å². The van der Waals surface area contributed by atoms with Gasteiger partial charge in [0.05, 0.1) is 12.3 Å². The van der Waals surface area contributed by atoms with Crippen LogP contribution in [-0.2, 0) is 22.7 Å². The SMILES string of the molecule is Cc1ccc(C(=O)c2cccn2CC=Cc2cccc(CO[C@H](C)C(=O)N3CCCC3)c2)cc1. The average Bonchev–Trinajstić information content (AvgIpc) is 3.55. The van der Waals surface area contributed by atoms with Gasteiger partial charge in [-0.3, -0.25) is 9.59 Å². The fourth-order valence-electron chi connectivity index (χ4n) is 4.21. The molecule has 5 heteroatoms. The summed E-state index contributed by atoms with van der Waals surface area (Å²) in [7, 11) is 0. The number of aryl methyl sites for hydroxylation is 1. The number of ether oxygens (including phenoxy) is 1.